The van der Waals surface area contributed by atoms with Gasteiger partial charge in [-0.15, -0.1) is 0 Å². The zero-order valence-corrected chi connectivity index (χ0v) is 78.1. The standard InChI is InChI=1S/C96H188O17P2/c1-8-10-11-12-13-14-15-16-17-18-19-20-21-29-34-39-44-49-58-65-73-80-96(101)113-92(84-107-94(99)78-71-64-57-52-51-55-62-69-76-89(7)9-2)86-111-115(104,105)109-82-90(97)81-108-114(102,103)110-85-91(112-95(100)79-72-66-59-50-45-40-35-30-25-23-27-32-37-42-47-54-61-68-75-88(5)6)83-106-93(98)77-70-63-56-48-43-38-33-28-24-22-26-31-36-41-46-53-60-67-74-87(3)4/h87-92,97H,8-86H2,1-7H3,(H,102,103)(H,104,105)/t89?,90-,91-,92-/m1/s1. The second kappa shape index (κ2) is 85.6. The molecule has 3 unspecified atom stereocenters. The Bertz CT molecular complexity index is 2200. The number of hydrogen-bond donors (Lipinski definition) is 3. The van der Waals surface area contributed by atoms with Crippen LogP contribution >= 0.6 is 15.6 Å². The maximum atomic E-state index is 13.2. The average Bonchev–Trinajstić information content (AvgIpc) is 0.899. The maximum Gasteiger partial charge on any atom is 0.472 e. The molecule has 0 aliphatic heterocycles. The lowest BCUT2D eigenvalue weighted by Crippen LogP contribution is -2.30. The summed E-state index contributed by atoms with van der Waals surface area (Å²) in [6.45, 7) is 12.1. The third-order valence-electron chi connectivity index (χ3n) is 23.0. The summed E-state index contributed by atoms with van der Waals surface area (Å²) in [6, 6.07) is 0. The molecular formula is C96H188O17P2. The highest BCUT2D eigenvalue weighted by molar-refractivity contribution is 7.47. The van der Waals surface area contributed by atoms with Gasteiger partial charge < -0.3 is 33.8 Å². The van der Waals surface area contributed by atoms with Gasteiger partial charge in [0.05, 0.1) is 26.4 Å². The Kier molecular flexibility index (Phi) is 84.2. The van der Waals surface area contributed by atoms with E-state index in [4.69, 9.17) is 37.0 Å². The fourth-order valence-electron chi connectivity index (χ4n) is 15.1. The van der Waals surface area contributed by atoms with Gasteiger partial charge in [-0.25, -0.2) is 9.13 Å². The predicted molar refractivity (Wildman–Crippen MR) is 478 cm³/mol. The molecule has 6 atom stereocenters. The minimum Gasteiger partial charge on any atom is -0.462 e. The number of carbonyl (C=O) groups excluding carboxylic acids is 4. The normalized spacial score (nSPS) is 13.9. The largest absolute Gasteiger partial charge is 0.472 e. The van der Waals surface area contributed by atoms with E-state index in [0.717, 1.165) is 108 Å². The summed E-state index contributed by atoms with van der Waals surface area (Å²) in [5, 5.41) is 10.7. The van der Waals surface area contributed by atoms with Crippen LogP contribution in [0.3, 0.4) is 0 Å². The van der Waals surface area contributed by atoms with E-state index in [2.05, 4.69) is 48.5 Å². The Morgan fingerprint density at radius 1 is 0.252 bits per heavy atom. The molecule has 3 N–H and O–H groups in total. The zero-order chi connectivity index (χ0) is 84.3. The van der Waals surface area contributed by atoms with Crippen LogP contribution in [0.5, 0.6) is 0 Å². The van der Waals surface area contributed by atoms with Gasteiger partial charge in [0.2, 0.25) is 0 Å². The Hall–Kier alpha value is -1.94. The van der Waals surface area contributed by atoms with E-state index in [1.165, 1.54) is 327 Å². The van der Waals surface area contributed by atoms with Gasteiger partial charge in [0.1, 0.15) is 19.3 Å². The first kappa shape index (κ1) is 113. The molecule has 0 rings (SSSR count). The van der Waals surface area contributed by atoms with Crippen LogP contribution in [0.25, 0.3) is 0 Å². The molecule has 0 heterocycles. The van der Waals surface area contributed by atoms with Crippen molar-refractivity contribution in [2.45, 2.75) is 535 Å². The summed E-state index contributed by atoms with van der Waals surface area (Å²) in [5.74, 6) is 0.327. The van der Waals surface area contributed by atoms with Gasteiger partial charge in [-0.1, -0.05) is 466 Å². The van der Waals surface area contributed by atoms with E-state index < -0.39 is 97.5 Å². The van der Waals surface area contributed by atoms with Crippen molar-refractivity contribution in [1.29, 1.82) is 0 Å². The summed E-state index contributed by atoms with van der Waals surface area (Å²) < 4.78 is 69.2. The number of aliphatic hydroxyl groups excluding tert-OH is 1. The van der Waals surface area contributed by atoms with E-state index in [9.17, 15) is 43.2 Å². The predicted octanol–water partition coefficient (Wildman–Crippen LogP) is 30.0. The highest BCUT2D eigenvalue weighted by Gasteiger charge is 2.31. The molecule has 0 aromatic carbocycles. The molecule has 0 fully saturated rings. The van der Waals surface area contributed by atoms with E-state index in [-0.39, 0.29) is 25.7 Å². The summed E-state index contributed by atoms with van der Waals surface area (Å²) >= 11 is 0. The van der Waals surface area contributed by atoms with Gasteiger partial charge >= 0.3 is 39.5 Å². The molecule has 0 aromatic rings. The lowest BCUT2D eigenvalue weighted by Gasteiger charge is -2.21. The molecule has 0 aliphatic carbocycles. The average molecular weight is 1680 g/mol. The molecule has 0 aliphatic rings. The molecule has 17 nitrogen and oxygen atoms in total. The maximum absolute atomic E-state index is 13.2. The van der Waals surface area contributed by atoms with Crippen molar-refractivity contribution in [1.82, 2.24) is 0 Å². The zero-order valence-electron chi connectivity index (χ0n) is 76.3. The minimum absolute atomic E-state index is 0.109. The molecule has 0 amide bonds. The fourth-order valence-corrected chi connectivity index (χ4v) is 16.7. The van der Waals surface area contributed by atoms with Crippen LogP contribution in [-0.4, -0.2) is 96.7 Å². The Balaban J connectivity index is 5.24. The van der Waals surface area contributed by atoms with Crippen LogP contribution in [0.1, 0.15) is 517 Å². The fraction of sp³-hybridized carbons (Fsp3) is 0.958. The SMILES string of the molecule is CCCCCCCCCCCCCCCCCCCCCCCC(=O)O[C@H](COC(=O)CCCCCCCCCCC(C)CC)COP(=O)(O)OC[C@H](O)COP(=O)(O)OC[C@@H](COC(=O)CCCCCCCCCCCCCCCCCCCCC(C)C)OC(=O)CCCCCCCCCCCCCCCCCCCCC(C)C. The third kappa shape index (κ3) is 88.2. The number of aliphatic hydroxyl groups is 1. The number of carbonyl (C=O) groups is 4. The molecule has 19 heteroatoms. The van der Waals surface area contributed by atoms with Crippen molar-refractivity contribution in [3.63, 3.8) is 0 Å². The monoisotopic (exact) mass is 1680 g/mol. The molecule has 0 radical (unpaired) electrons. The molecule has 0 spiro atoms. The number of phosphoric acid groups is 2. The van der Waals surface area contributed by atoms with E-state index in [0.29, 0.717) is 25.7 Å². The van der Waals surface area contributed by atoms with Crippen LogP contribution in [0.2, 0.25) is 0 Å². The van der Waals surface area contributed by atoms with Crippen LogP contribution in [0.4, 0.5) is 0 Å². The number of unbranched alkanes of at least 4 members (excludes halogenated alkanes) is 61. The lowest BCUT2D eigenvalue weighted by atomic mass is 9.99. The molecule has 684 valence electrons. The van der Waals surface area contributed by atoms with Crippen molar-refractivity contribution in [2.24, 2.45) is 17.8 Å². The van der Waals surface area contributed by atoms with E-state index >= 15 is 0 Å². The molecule has 0 aromatic heterocycles. The van der Waals surface area contributed by atoms with Gasteiger partial charge in [-0.3, -0.25) is 37.3 Å². The number of phosphoric ester groups is 2. The highest BCUT2D eigenvalue weighted by Crippen LogP contribution is 2.45. The van der Waals surface area contributed by atoms with Crippen LogP contribution in [0.15, 0.2) is 0 Å². The summed E-state index contributed by atoms with van der Waals surface area (Å²) in [4.78, 5) is 73.6. The molecule has 0 saturated carbocycles. The molecule has 0 saturated heterocycles. The van der Waals surface area contributed by atoms with Crippen molar-refractivity contribution in [3.05, 3.63) is 0 Å². The first-order valence-electron chi connectivity index (χ1n) is 49.4. The quantitative estimate of drug-likeness (QED) is 0.0222. The van der Waals surface area contributed by atoms with Gasteiger partial charge in [0, 0.05) is 25.7 Å². The van der Waals surface area contributed by atoms with Gasteiger partial charge in [0.25, 0.3) is 0 Å². The highest BCUT2D eigenvalue weighted by atomic mass is 31.2. The number of rotatable bonds is 94. The number of hydrogen-bond acceptors (Lipinski definition) is 15. The van der Waals surface area contributed by atoms with Gasteiger partial charge in [-0.2, -0.15) is 0 Å². The van der Waals surface area contributed by atoms with Crippen molar-refractivity contribution in [2.75, 3.05) is 39.6 Å². The van der Waals surface area contributed by atoms with Gasteiger partial charge in [-0.05, 0) is 43.4 Å². The molecule has 0 bridgehead atoms. The van der Waals surface area contributed by atoms with Crippen LogP contribution < -0.4 is 0 Å². The van der Waals surface area contributed by atoms with Crippen molar-refractivity contribution < 1.29 is 80.2 Å². The van der Waals surface area contributed by atoms with Gasteiger partial charge in [0.15, 0.2) is 12.2 Å². The second-order valence-corrected chi connectivity index (χ2v) is 38.6. The lowest BCUT2D eigenvalue weighted by molar-refractivity contribution is -0.161. The van der Waals surface area contributed by atoms with E-state index in [1.807, 2.05) is 0 Å². The summed E-state index contributed by atoms with van der Waals surface area (Å²) in [5.41, 5.74) is 0. The first-order valence-corrected chi connectivity index (χ1v) is 52.4. The van der Waals surface area contributed by atoms with E-state index in [1.54, 1.807) is 0 Å². The smallest absolute Gasteiger partial charge is 0.462 e. The number of ether oxygens (including phenoxy) is 4. The molecular weight excluding hydrogens is 1490 g/mol. The minimum atomic E-state index is -4.97. The van der Waals surface area contributed by atoms with Crippen LogP contribution in [-0.2, 0) is 65.4 Å². The first-order chi connectivity index (χ1) is 55.8. The topological polar surface area (TPSA) is 237 Å². The second-order valence-electron chi connectivity index (χ2n) is 35.7. The number of esters is 4. The Labute approximate surface area is 708 Å². The summed E-state index contributed by atoms with van der Waals surface area (Å²) in [7, 11) is -9.94. The molecule has 115 heavy (non-hydrogen) atoms. The third-order valence-corrected chi connectivity index (χ3v) is 24.9. The van der Waals surface area contributed by atoms with Crippen LogP contribution in [0, 0.1) is 17.8 Å². The Morgan fingerprint density at radius 2 is 0.443 bits per heavy atom. The Morgan fingerprint density at radius 3 is 0.661 bits per heavy atom. The summed E-state index contributed by atoms with van der Waals surface area (Å²) in [6.07, 6.45) is 80.7. The van der Waals surface area contributed by atoms with Crippen molar-refractivity contribution in [3.8, 4) is 0 Å². The van der Waals surface area contributed by atoms with Crippen molar-refractivity contribution >= 4 is 39.5 Å².